The van der Waals surface area contributed by atoms with E-state index in [-0.39, 0.29) is 5.97 Å². The second kappa shape index (κ2) is 6.91. The largest absolute Gasteiger partial charge is 0.462 e. The number of carbonyl (C=O) groups is 1. The average molecular weight is 354 g/mol. The number of benzene rings is 2. The monoisotopic (exact) mass is 352 g/mol. The molecular weight excluding hydrogens is 340 g/mol. The van der Waals surface area contributed by atoms with Crippen molar-refractivity contribution in [3.63, 3.8) is 0 Å². The van der Waals surface area contributed by atoms with Crippen molar-refractivity contribution in [3.8, 4) is 11.1 Å². The smallest absolute Gasteiger partial charge is 0.338 e. The molecule has 4 heteroatoms. The summed E-state index contributed by atoms with van der Waals surface area (Å²) < 4.78 is 5.05. The fourth-order valence-corrected chi connectivity index (χ4v) is 2.52. The van der Waals surface area contributed by atoms with Gasteiger partial charge in [0.05, 0.1) is 12.2 Å². The Morgan fingerprint density at radius 1 is 1.15 bits per heavy atom. The molecule has 0 heterocycles. The summed E-state index contributed by atoms with van der Waals surface area (Å²) in [5.74, 6) is -0.287. The van der Waals surface area contributed by atoms with Crippen LogP contribution in [-0.4, -0.2) is 12.6 Å². The van der Waals surface area contributed by atoms with Gasteiger partial charge in [-0.3, -0.25) is 0 Å². The molecule has 2 nitrogen and oxygen atoms in total. The van der Waals surface area contributed by atoms with Crippen molar-refractivity contribution >= 4 is 33.5 Å². The Hall–Kier alpha value is -1.32. The van der Waals surface area contributed by atoms with Gasteiger partial charge in [-0.2, -0.15) is 0 Å². The van der Waals surface area contributed by atoms with Gasteiger partial charge < -0.3 is 4.74 Å². The van der Waals surface area contributed by atoms with Crippen LogP contribution in [-0.2, 0) is 10.1 Å². The first-order chi connectivity index (χ1) is 9.65. The fourth-order valence-electron chi connectivity index (χ4n) is 1.93. The second-order valence-electron chi connectivity index (χ2n) is 4.23. The van der Waals surface area contributed by atoms with Crippen molar-refractivity contribution in [2.24, 2.45) is 0 Å². The summed E-state index contributed by atoms with van der Waals surface area (Å²) in [6.45, 7) is 2.17. The van der Waals surface area contributed by atoms with Gasteiger partial charge in [0.2, 0.25) is 0 Å². The van der Waals surface area contributed by atoms with Crippen molar-refractivity contribution in [3.05, 3.63) is 58.6 Å². The molecule has 104 valence electrons. The van der Waals surface area contributed by atoms with Gasteiger partial charge in [0.1, 0.15) is 0 Å². The molecule has 0 saturated carbocycles. The molecule has 0 atom stereocenters. The van der Waals surface area contributed by atoms with Crippen LogP contribution in [0.1, 0.15) is 22.8 Å². The molecule has 0 radical (unpaired) electrons. The molecule has 0 bridgehead atoms. The highest BCUT2D eigenvalue weighted by Crippen LogP contribution is 2.25. The standard InChI is InChI=1S/C16H14BrClO2/c1-2-20-16(19)15-8-5-12(9-13(15)10-17)11-3-6-14(18)7-4-11/h3-9H,2,10H2,1H3. The Bertz CT molecular complexity index is 608. The number of rotatable bonds is 4. The van der Waals surface area contributed by atoms with Crippen LogP contribution in [0.25, 0.3) is 11.1 Å². The molecule has 0 N–H and O–H groups in total. The van der Waals surface area contributed by atoms with Gasteiger partial charge in [0, 0.05) is 10.4 Å². The van der Waals surface area contributed by atoms with E-state index >= 15 is 0 Å². The predicted octanol–water partition coefficient (Wildman–Crippen LogP) is 5.08. The van der Waals surface area contributed by atoms with Crippen molar-refractivity contribution in [1.82, 2.24) is 0 Å². The van der Waals surface area contributed by atoms with Gasteiger partial charge >= 0.3 is 5.97 Å². The molecule has 0 amide bonds. The van der Waals surface area contributed by atoms with Crippen LogP contribution in [0.2, 0.25) is 5.02 Å². The maximum atomic E-state index is 11.9. The second-order valence-corrected chi connectivity index (χ2v) is 5.23. The molecule has 0 spiro atoms. The zero-order valence-corrected chi connectivity index (χ0v) is 13.4. The van der Waals surface area contributed by atoms with E-state index in [0.29, 0.717) is 22.5 Å². The molecule has 20 heavy (non-hydrogen) atoms. The lowest BCUT2D eigenvalue weighted by atomic mass is 10.00. The Labute approximate surface area is 131 Å². The summed E-state index contributed by atoms with van der Waals surface area (Å²) in [5.41, 5.74) is 3.62. The average Bonchev–Trinajstić information content (AvgIpc) is 2.47. The van der Waals surface area contributed by atoms with E-state index in [2.05, 4.69) is 15.9 Å². The summed E-state index contributed by atoms with van der Waals surface area (Å²) in [5, 5.41) is 1.31. The Kier molecular flexibility index (Phi) is 5.21. The maximum absolute atomic E-state index is 11.9. The highest BCUT2D eigenvalue weighted by molar-refractivity contribution is 9.08. The molecule has 0 unspecified atom stereocenters. The molecule has 2 aromatic carbocycles. The molecule has 0 aliphatic carbocycles. The summed E-state index contributed by atoms with van der Waals surface area (Å²) in [6.07, 6.45) is 0. The number of carbonyl (C=O) groups excluding carboxylic acids is 1. The van der Waals surface area contributed by atoms with Gasteiger partial charge in [-0.15, -0.1) is 0 Å². The van der Waals surface area contributed by atoms with Gasteiger partial charge in [0.25, 0.3) is 0 Å². The van der Waals surface area contributed by atoms with Crippen molar-refractivity contribution in [2.45, 2.75) is 12.3 Å². The zero-order valence-electron chi connectivity index (χ0n) is 11.0. The summed E-state index contributed by atoms with van der Waals surface area (Å²) in [6, 6.07) is 13.3. The van der Waals surface area contributed by atoms with Crippen molar-refractivity contribution < 1.29 is 9.53 Å². The zero-order chi connectivity index (χ0) is 14.5. The van der Waals surface area contributed by atoms with Crippen LogP contribution in [0.4, 0.5) is 0 Å². The predicted molar refractivity (Wildman–Crippen MR) is 85.5 cm³/mol. The number of hydrogen-bond acceptors (Lipinski definition) is 2. The Balaban J connectivity index is 2.38. The highest BCUT2D eigenvalue weighted by Gasteiger charge is 2.12. The summed E-state index contributed by atoms with van der Waals surface area (Å²) >= 11 is 9.31. The van der Waals surface area contributed by atoms with Gasteiger partial charge in [-0.1, -0.05) is 45.7 Å². The first kappa shape index (κ1) is 15.1. The molecule has 2 rings (SSSR count). The SMILES string of the molecule is CCOC(=O)c1ccc(-c2ccc(Cl)cc2)cc1CBr. The Morgan fingerprint density at radius 3 is 2.40 bits per heavy atom. The highest BCUT2D eigenvalue weighted by atomic mass is 79.9. The van der Waals surface area contributed by atoms with Crippen molar-refractivity contribution in [1.29, 1.82) is 0 Å². The van der Waals surface area contributed by atoms with Gasteiger partial charge in [-0.05, 0) is 47.9 Å². The first-order valence-corrected chi connectivity index (χ1v) is 7.77. The van der Waals surface area contributed by atoms with E-state index in [1.165, 1.54) is 0 Å². The van der Waals surface area contributed by atoms with E-state index in [1.807, 2.05) is 36.4 Å². The van der Waals surface area contributed by atoms with Crippen LogP contribution in [0.3, 0.4) is 0 Å². The van der Waals surface area contributed by atoms with E-state index in [1.54, 1.807) is 13.0 Å². The third-order valence-electron chi connectivity index (χ3n) is 2.92. The number of alkyl halides is 1. The third-order valence-corrected chi connectivity index (χ3v) is 3.78. The Morgan fingerprint density at radius 2 is 1.80 bits per heavy atom. The van der Waals surface area contributed by atoms with E-state index in [0.717, 1.165) is 16.7 Å². The lowest BCUT2D eigenvalue weighted by molar-refractivity contribution is 0.0525. The van der Waals surface area contributed by atoms with E-state index < -0.39 is 0 Å². The van der Waals surface area contributed by atoms with Gasteiger partial charge in [0.15, 0.2) is 0 Å². The van der Waals surface area contributed by atoms with Crippen LogP contribution in [0.15, 0.2) is 42.5 Å². The fraction of sp³-hybridized carbons (Fsp3) is 0.188. The number of ether oxygens (including phenoxy) is 1. The minimum Gasteiger partial charge on any atom is -0.462 e. The normalized spacial score (nSPS) is 10.3. The maximum Gasteiger partial charge on any atom is 0.338 e. The number of esters is 1. The number of halogens is 2. The molecule has 2 aromatic rings. The molecule has 0 saturated heterocycles. The summed E-state index contributed by atoms with van der Waals surface area (Å²) in [4.78, 5) is 11.9. The van der Waals surface area contributed by atoms with E-state index in [4.69, 9.17) is 16.3 Å². The molecule has 0 aromatic heterocycles. The molecule has 0 aliphatic heterocycles. The minimum absolute atomic E-state index is 0.287. The molecule has 0 fully saturated rings. The third kappa shape index (κ3) is 3.41. The van der Waals surface area contributed by atoms with Gasteiger partial charge in [-0.25, -0.2) is 4.79 Å². The van der Waals surface area contributed by atoms with Crippen LogP contribution in [0.5, 0.6) is 0 Å². The van der Waals surface area contributed by atoms with E-state index in [9.17, 15) is 4.79 Å². The van der Waals surface area contributed by atoms with Crippen LogP contribution in [0, 0.1) is 0 Å². The summed E-state index contributed by atoms with van der Waals surface area (Å²) in [7, 11) is 0. The molecular formula is C16H14BrClO2. The van der Waals surface area contributed by atoms with Crippen molar-refractivity contribution in [2.75, 3.05) is 6.61 Å². The lowest BCUT2D eigenvalue weighted by Gasteiger charge is -2.09. The van der Waals surface area contributed by atoms with Crippen LogP contribution < -0.4 is 0 Å². The van der Waals surface area contributed by atoms with Crippen LogP contribution >= 0.6 is 27.5 Å². The lowest BCUT2D eigenvalue weighted by Crippen LogP contribution is -2.07. The quantitative estimate of drug-likeness (QED) is 0.566. The minimum atomic E-state index is -0.287. The topological polar surface area (TPSA) is 26.3 Å². The molecule has 0 aliphatic rings. The number of hydrogen-bond donors (Lipinski definition) is 0. The first-order valence-electron chi connectivity index (χ1n) is 6.27.